The molecule has 2 atom stereocenters. The van der Waals surface area contributed by atoms with Crippen LogP contribution < -0.4 is 10.6 Å². The molecule has 1 aliphatic carbocycles. The van der Waals surface area contributed by atoms with E-state index in [-0.39, 0.29) is 18.0 Å². The van der Waals surface area contributed by atoms with E-state index >= 15 is 0 Å². The third-order valence-electron chi connectivity index (χ3n) is 4.16. The molecule has 0 spiro atoms. The Morgan fingerprint density at radius 2 is 2.00 bits per heavy atom. The van der Waals surface area contributed by atoms with Crippen LogP contribution in [0.2, 0.25) is 0 Å². The predicted molar refractivity (Wildman–Crippen MR) is 77.2 cm³/mol. The van der Waals surface area contributed by atoms with E-state index in [9.17, 15) is 9.59 Å². The smallest absolute Gasteiger partial charge is 0.315 e. The molecule has 3 N–H and O–H groups in total. The van der Waals surface area contributed by atoms with Gasteiger partial charge in [-0.1, -0.05) is 0 Å². The number of hydrogen-bond acceptors (Lipinski definition) is 4. The van der Waals surface area contributed by atoms with Gasteiger partial charge in [-0.15, -0.1) is 0 Å². The van der Waals surface area contributed by atoms with Gasteiger partial charge in [0.2, 0.25) is 0 Å². The fourth-order valence-corrected chi connectivity index (χ4v) is 2.90. The van der Waals surface area contributed by atoms with Crippen LogP contribution in [0.25, 0.3) is 0 Å². The summed E-state index contributed by atoms with van der Waals surface area (Å²) in [6.45, 7) is 5.11. The second-order valence-electron chi connectivity index (χ2n) is 5.75. The Morgan fingerprint density at radius 1 is 1.24 bits per heavy atom. The minimum atomic E-state index is -0.759. The monoisotopic (exact) mass is 299 g/mol. The molecule has 2 fully saturated rings. The highest BCUT2D eigenvalue weighted by atomic mass is 16.5. The molecule has 0 aromatic heterocycles. The average molecular weight is 299 g/mol. The molecule has 1 aliphatic heterocycles. The highest BCUT2D eigenvalue weighted by molar-refractivity contribution is 5.75. The van der Waals surface area contributed by atoms with Gasteiger partial charge >= 0.3 is 12.0 Å². The van der Waals surface area contributed by atoms with Crippen LogP contribution in [0.4, 0.5) is 4.79 Å². The molecule has 0 radical (unpaired) electrons. The molecular weight excluding hydrogens is 274 g/mol. The number of nitrogens with zero attached hydrogens (tertiary/aromatic N) is 1. The van der Waals surface area contributed by atoms with Crippen LogP contribution in [0, 0.1) is 5.92 Å². The van der Waals surface area contributed by atoms with Crippen LogP contribution in [0.15, 0.2) is 0 Å². The number of carboxylic acid groups (broad SMARTS) is 1. The number of rotatable bonds is 6. The van der Waals surface area contributed by atoms with Crippen molar-refractivity contribution in [2.75, 3.05) is 39.4 Å². The van der Waals surface area contributed by atoms with Crippen LogP contribution in [-0.2, 0) is 9.53 Å². The Hall–Kier alpha value is -1.34. The fraction of sp³-hybridized carbons (Fsp3) is 0.857. The maximum Gasteiger partial charge on any atom is 0.315 e. The minimum absolute atomic E-state index is 0.00894. The third-order valence-corrected chi connectivity index (χ3v) is 4.16. The van der Waals surface area contributed by atoms with Crippen LogP contribution in [0.3, 0.4) is 0 Å². The molecule has 2 aliphatic rings. The second-order valence-corrected chi connectivity index (χ2v) is 5.75. The summed E-state index contributed by atoms with van der Waals surface area (Å²) in [5.41, 5.74) is 0. The number of morpholine rings is 1. The number of urea groups is 1. The Morgan fingerprint density at radius 3 is 2.67 bits per heavy atom. The number of hydrogen-bond donors (Lipinski definition) is 3. The molecule has 1 heterocycles. The van der Waals surface area contributed by atoms with Gasteiger partial charge < -0.3 is 20.5 Å². The maximum atomic E-state index is 11.7. The van der Waals surface area contributed by atoms with Crippen LogP contribution >= 0.6 is 0 Å². The lowest BCUT2D eigenvalue weighted by Crippen LogP contribution is -2.42. The van der Waals surface area contributed by atoms with Crippen molar-refractivity contribution in [3.8, 4) is 0 Å². The van der Waals surface area contributed by atoms with Crippen molar-refractivity contribution in [2.45, 2.75) is 31.7 Å². The van der Waals surface area contributed by atoms with E-state index in [1.165, 1.54) is 0 Å². The summed E-state index contributed by atoms with van der Waals surface area (Å²) in [4.78, 5) is 24.9. The van der Waals surface area contributed by atoms with Gasteiger partial charge in [0, 0.05) is 25.7 Å². The van der Waals surface area contributed by atoms with Crippen molar-refractivity contribution >= 4 is 12.0 Å². The molecule has 7 heteroatoms. The van der Waals surface area contributed by atoms with Crippen molar-refractivity contribution < 1.29 is 19.4 Å². The number of ether oxygens (including phenoxy) is 1. The van der Waals surface area contributed by atoms with E-state index in [1.54, 1.807) is 0 Å². The highest BCUT2D eigenvalue weighted by Crippen LogP contribution is 2.25. The van der Waals surface area contributed by atoms with Crippen molar-refractivity contribution in [3.05, 3.63) is 0 Å². The normalized spacial score (nSPS) is 26.5. The average Bonchev–Trinajstić information content (AvgIpc) is 2.93. The molecule has 0 aromatic rings. The summed E-state index contributed by atoms with van der Waals surface area (Å²) in [7, 11) is 0. The van der Waals surface area contributed by atoms with Crippen molar-refractivity contribution in [2.24, 2.45) is 5.92 Å². The molecule has 1 saturated heterocycles. The zero-order valence-electron chi connectivity index (χ0n) is 12.3. The van der Waals surface area contributed by atoms with Crippen molar-refractivity contribution in [3.63, 3.8) is 0 Å². The standard InChI is InChI=1S/C14H25N3O4/c18-13(19)11-2-3-12(10-11)16-14(20)15-4-1-5-17-6-8-21-9-7-17/h11-12H,1-10H2,(H,18,19)(H2,15,16,20). The third kappa shape index (κ3) is 5.51. The van der Waals surface area contributed by atoms with E-state index < -0.39 is 5.97 Å². The fourth-order valence-electron chi connectivity index (χ4n) is 2.90. The Balaban J connectivity index is 1.52. The first kappa shape index (κ1) is 16.0. The summed E-state index contributed by atoms with van der Waals surface area (Å²) in [6.07, 6.45) is 2.85. The number of aliphatic carboxylic acids is 1. The largest absolute Gasteiger partial charge is 0.481 e. The van der Waals surface area contributed by atoms with E-state index in [1.807, 2.05) is 0 Å². The molecule has 0 bridgehead atoms. The zero-order chi connectivity index (χ0) is 15.1. The van der Waals surface area contributed by atoms with Gasteiger partial charge in [0.15, 0.2) is 0 Å². The maximum absolute atomic E-state index is 11.7. The van der Waals surface area contributed by atoms with Crippen molar-refractivity contribution in [1.29, 1.82) is 0 Å². The van der Waals surface area contributed by atoms with Gasteiger partial charge in [0.05, 0.1) is 19.1 Å². The van der Waals surface area contributed by atoms with E-state index in [0.29, 0.717) is 19.4 Å². The Labute approximate surface area is 125 Å². The number of carbonyl (C=O) groups excluding carboxylic acids is 1. The van der Waals surface area contributed by atoms with Gasteiger partial charge in [-0.05, 0) is 32.2 Å². The first-order valence-electron chi connectivity index (χ1n) is 7.72. The molecule has 7 nitrogen and oxygen atoms in total. The zero-order valence-corrected chi connectivity index (χ0v) is 12.3. The lowest BCUT2D eigenvalue weighted by atomic mass is 10.1. The number of amides is 2. The molecular formula is C14H25N3O4. The Kier molecular flexibility index (Phi) is 6.25. The van der Waals surface area contributed by atoms with Crippen LogP contribution in [-0.4, -0.2) is 67.4 Å². The van der Waals surface area contributed by atoms with Gasteiger partial charge in [-0.3, -0.25) is 9.69 Å². The SMILES string of the molecule is O=C(NCCCN1CCOCC1)NC1CCC(C(=O)O)C1. The lowest BCUT2D eigenvalue weighted by Gasteiger charge is -2.26. The molecule has 1 saturated carbocycles. The summed E-state index contributed by atoms with van der Waals surface area (Å²) in [6, 6.07) is -0.196. The van der Waals surface area contributed by atoms with Gasteiger partial charge in [-0.2, -0.15) is 0 Å². The Bertz CT molecular complexity index is 358. The molecule has 2 rings (SSSR count). The quantitative estimate of drug-likeness (QED) is 0.612. The summed E-state index contributed by atoms with van der Waals surface area (Å²) in [5, 5.41) is 14.6. The van der Waals surface area contributed by atoms with Crippen LogP contribution in [0.1, 0.15) is 25.7 Å². The summed E-state index contributed by atoms with van der Waals surface area (Å²) in [5.74, 6) is -1.07. The molecule has 2 unspecified atom stereocenters. The van der Waals surface area contributed by atoms with Gasteiger partial charge in [0.1, 0.15) is 0 Å². The molecule has 120 valence electrons. The minimum Gasteiger partial charge on any atom is -0.481 e. The number of carboxylic acids is 1. The molecule has 21 heavy (non-hydrogen) atoms. The van der Waals surface area contributed by atoms with Crippen LogP contribution in [0.5, 0.6) is 0 Å². The van der Waals surface area contributed by atoms with E-state index in [2.05, 4.69) is 15.5 Å². The first-order valence-corrected chi connectivity index (χ1v) is 7.72. The highest BCUT2D eigenvalue weighted by Gasteiger charge is 2.30. The summed E-state index contributed by atoms with van der Waals surface area (Å²) >= 11 is 0. The van der Waals surface area contributed by atoms with E-state index in [4.69, 9.17) is 9.84 Å². The second kappa shape index (κ2) is 8.19. The van der Waals surface area contributed by atoms with Gasteiger partial charge in [-0.25, -0.2) is 4.79 Å². The van der Waals surface area contributed by atoms with E-state index in [0.717, 1.165) is 45.7 Å². The predicted octanol–water partition coefficient (Wildman–Crippen LogP) is 0.261. The van der Waals surface area contributed by atoms with Gasteiger partial charge in [0.25, 0.3) is 0 Å². The summed E-state index contributed by atoms with van der Waals surface area (Å²) < 4.78 is 5.28. The molecule has 2 amide bonds. The van der Waals surface area contributed by atoms with Crippen molar-refractivity contribution in [1.82, 2.24) is 15.5 Å². The topological polar surface area (TPSA) is 90.9 Å². The first-order chi connectivity index (χ1) is 10.1. The lowest BCUT2D eigenvalue weighted by molar-refractivity contribution is -0.141. The molecule has 0 aromatic carbocycles. The number of nitrogens with one attached hydrogen (secondary N) is 2. The number of carbonyl (C=O) groups is 2.